The SMILES string of the molecule is C=C(c1ccc(-c2ccc(-n3ccnc3)cc2O)nn1)[C@H]1C[C@]2(C)CC(C)C[C@@](C)(N2)[C@@H]1F. The van der Waals surface area contributed by atoms with E-state index in [0.29, 0.717) is 34.9 Å². The van der Waals surface area contributed by atoms with Crippen LogP contribution in [0, 0.1) is 11.8 Å². The summed E-state index contributed by atoms with van der Waals surface area (Å²) in [6.07, 6.45) is 6.65. The number of fused-ring (bicyclic) bond motifs is 2. The zero-order valence-electron chi connectivity index (χ0n) is 19.3. The number of hydrogen-bond acceptors (Lipinski definition) is 5. The normalized spacial score (nSPS) is 31.3. The number of halogens is 1. The number of allylic oxidation sites excluding steroid dienone is 1. The van der Waals surface area contributed by atoms with Crippen LogP contribution in [0.1, 0.15) is 45.7 Å². The predicted octanol–water partition coefficient (Wildman–Crippen LogP) is 4.94. The van der Waals surface area contributed by atoms with Crippen molar-refractivity contribution in [3.63, 3.8) is 0 Å². The van der Waals surface area contributed by atoms with Gasteiger partial charge >= 0.3 is 0 Å². The van der Waals surface area contributed by atoms with Gasteiger partial charge in [-0.05, 0) is 68.9 Å². The lowest BCUT2D eigenvalue weighted by molar-refractivity contribution is -0.0251. The number of aromatic hydroxyl groups is 1. The molecule has 5 rings (SSSR count). The zero-order chi connectivity index (χ0) is 23.4. The molecular formula is C26H30FN5O. The van der Waals surface area contributed by atoms with E-state index in [1.807, 2.05) is 29.8 Å². The molecule has 1 unspecified atom stereocenters. The second-order valence-electron chi connectivity index (χ2n) is 10.3. The number of benzene rings is 1. The van der Waals surface area contributed by atoms with Crippen LogP contribution in [0.2, 0.25) is 0 Å². The van der Waals surface area contributed by atoms with Gasteiger partial charge in [0.1, 0.15) is 11.9 Å². The summed E-state index contributed by atoms with van der Waals surface area (Å²) in [5, 5.41) is 22.8. The van der Waals surface area contributed by atoms with E-state index in [0.717, 1.165) is 18.5 Å². The van der Waals surface area contributed by atoms with Gasteiger partial charge in [-0.15, -0.1) is 5.10 Å². The van der Waals surface area contributed by atoms with E-state index in [2.05, 4.69) is 40.9 Å². The van der Waals surface area contributed by atoms with Crippen LogP contribution in [0.3, 0.4) is 0 Å². The Balaban J connectivity index is 1.38. The van der Waals surface area contributed by atoms with Crippen LogP contribution in [0.25, 0.3) is 22.5 Å². The van der Waals surface area contributed by atoms with Crippen LogP contribution in [0.15, 0.2) is 55.6 Å². The summed E-state index contributed by atoms with van der Waals surface area (Å²) in [5.41, 5.74) is 2.54. The standard InChI is InChI=1S/C26H30FN5O/c1-16-12-25(3)14-20(24(27)26(4,13-16)31-25)17(2)21-7-8-22(30-29-21)19-6-5-18(11-23(19)33)32-10-9-28-15-32/h5-11,15-16,20,24,31,33H,2,12-14H2,1,3-4H3/t16?,20-,24-,25+,26-/m1/s1. The Bertz CT molecular complexity index is 1180. The molecule has 6 nitrogen and oxygen atoms in total. The van der Waals surface area contributed by atoms with Crippen molar-refractivity contribution in [1.82, 2.24) is 25.1 Å². The van der Waals surface area contributed by atoms with E-state index in [1.54, 1.807) is 30.7 Å². The number of phenols is 1. The van der Waals surface area contributed by atoms with Crippen LogP contribution in [-0.4, -0.2) is 42.1 Å². The maximum Gasteiger partial charge on any atom is 0.127 e. The molecule has 3 aromatic rings. The highest BCUT2D eigenvalue weighted by Crippen LogP contribution is 2.49. The Morgan fingerprint density at radius 1 is 1.18 bits per heavy atom. The zero-order valence-corrected chi connectivity index (χ0v) is 19.3. The number of nitrogens with zero attached hydrogens (tertiary/aromatic N) is 4. The minimum atomic E-state index is -1.04. The number of nitrogens with one attached hydrogen (secondary N) is 1. The summed E-state index contributed by atoms with van der Waals surface area (Å²) in [5.74, 6) is 0.282. The molecule has 4 heterocycles. The van der Waals surface area contributed by atoms with Gasteiger partial charge in [-0.3, -0.25) is 0 Å². The first kappa shape index (κ1) is 21.8. The Hall–Kier alpha value is -3.06. The number of rotatable bonds is 4. The fourth-order valence-electron chi connectivity index (χ4n) is 6.15. The first-order chi connectivity index (χ1) is 15.7. The second-order valence-corrected chi connectivity index (χ2v) is 10.3. The lowest BCUT2D eigenvalue weighted by Crippen LogP contribution is -2.70. The highest BCUT2D eigenvalue weighted by Gasteiger charge is 2.54. The number of imidazole rings is 1. The Morgan fingerprint density at radius 2 is 2.00 bits per heavy atom. The highest BCUT2D eigenvalue weighted by molar-refractivity contribution is 5.70. The number of piperidine rings is 2. The Labute approximate surface area is 193 Å². The van der Waals surface area contributed by atoms with Gasteiger partial charge in [0.05, 0.1) is 23.4 Å². The summed E-state index contributed by atoms with van der Waals surface area (Å²) in [6, 6.07) is 8.98. The number of phenolic OH excluding ortho intramolecular Hbond substituents is 1. The Kier molecular flexibility index (Phi) is 5.12. The molecule has 2 N–H and O–H groups in total. The second kappa shape index (κ2) is 7.76. The van der Waals surface area contributed by atoms with Crippen LogP contribution < -0.4 is 5.32 Å². The van der Waals surface area contributed by atoms with E-state index in [1.165, 1.54) is 0 Å². The van der Waals surface area contributed by atoms with Crippen molar-refractivity contribution >= 4 is 5.57 Å². The van der Waals surface area contributed by atoms with Crippen molar-refractivity contribution in [3.05, 3.63) is 61.3 Å². The first-order valence-electron chi connectivity index (χ1n) is 11.5. The molecule has 33 heavy (non-hydrogen) atoms. The van der Waals surface area contributed by atoms with E-state index in [-0.39, 0.29) is 17.2 Å². The van der Waals surface area contributed by atoms with E-state index < -0.39 is 11.7 Å². The molecule has 2 aromatic heterocycles. The van der Waals surface area contributed by atoms with Crippen molar-refractivity contribution < 1.29 is 9.50 Å². The third-order valence-corrected chi connectivity index (χ3v) is 7.29. The summed E-state index contributed by atoms with van der Waals surface area (Å²) in [6.45, 7) is 10.6. The van der Waals surface area contributed by atoms with Gasteiger partial charge in [-0.25, -0.2) is 9.37 Å². The molecule has 172 valence electrons. The van der Waals surface area contributed by atoms with Gasteiger partial charge in [-0.2, -0.15) is 5.10 Å². The van der Waals surface area contributed by atoms with Crippen LogP contribution in [0.4, 0.5) is 4.39 Å². The van der Waals surface area contributed by atoms with Crippen LogP contribution in [0.5, 0.6) is 5.75 Å². The van der Waals surface area contributed by atoms with Crippen molar-refractivity contribution in [3.8, 4) is 22.7 Å². The van der Waals surface area contributed by atoms with Crippen LogP contribution in [-0.2, 0) is 0 Å². The van der Waals surface area contributed by atoms with E-state index in [9.17, 15) is 5.11 Å². The van der Waals surface area contributed by atoms with Crippen molar-refractivity contribution in [2.24, 2.45) is 11.8 Å². The molecule has 0 spiro atoms. The fourth-order valence-corrected chi connectivity index (χ4v) is 6.15. The smallest absolute Gasteiger partial charge is 0.127 e. The average Bonchev–Trinajstić information content (AvgIpc) is 3.30. The number of alkyl halides is 1. The molecule has 0 radical (unpaired) electrons. The topological polar surface area (TPSA) is 75.9 Å². The summed E-state index contributed by atoms with van der Waals surface area (Å²) in [4.78, 5) is 4.03. The molecule has 2 aliphatic heterocycles. The van der Waals surface area contributed by atoms with Crippen molar-refractivity contribution in [1.29, 1.82) is 0 Å². The summed E-state index contributed by atoms with van der Waals surface area (Å²) in [7, 11) is 0. The quantitative estimate of drug-likeness (QED) is 0.592. The number of aromatic nitrogens is 4. The third kappa shape index (κ3) is 3.84. The van der Waals surface area contributed by atoms with Crippen molar-refractivity contribution in [2.45, 2.75) is 57.3 Å². The lowest BCUT2D eigenvalue weighted by Gasteiger charge is -2.57. The highest BCUT2D eigenvalue weighted by atomic mass is 19.1. The van der Waals surface area contributed by atoms with Crippen molar-refractivity contribution in [2.75, 3.05) is 0 Å². The van der Waals surface area contributed by atoms with Gasteiger partial charge in [0.15, 0.2) is 0 Å². The van der Waals surface area contributed by atoms with Gasteiger partial charge in [0.2, 0.25) is 0 Å². The van der Waals surface area contributed by atoms with E-state index in [4.69, 9.17) is 0 Å². The molecule has 5 atom stereocenters. The third-order valence-electron chi connectivity index (χ3n) is 7.29. The lowest BCUT2D eigenvalue weighted by atomic mass is 9.61. The number of hydrogen-bond donors (Lipinski definition) is 2. The fraction of sp³-hybridized carbons (Fsp3) is 0.423. The van der Waals surface area contributed by atoms with E-state index >= 15 is 4.39 Å². The Morgan fingerprint density at radius 3 is 2.67 bits per heavy atom. The molecule has 2 fully saturated rings. The molecule has 0 aliphatic carbocycles. The molecule has 2 aliphatic rings. The average molecular weight is 448 g/mol. The van der Waals surface area contributed by atoms with Gasteiger partial charge in [0.25, 0.3) is 0 Å². The molecule has 0 amide bonds. The summed E-state index contributed by atoms with van der Waals surface area (Å²) >= 11 is 0. The summed E-state index contributed by atoms with van der Waals surface area (Å²) < 4.78 is 17.5. The van der Waals surface area contributed by atoms with Crippen LogP contribution >= 0.6 is 0 Å². The largest absolute Gasteiger partial charge is 0.507 e. The maximum atomic E-state index is 15.7. The minimum absolute atomic E-state index is 0.104. The monoisotopic (exact) mass is 447 g/mol. The molecule has 0 saturated carbocycles. The first-order valence-corrected chi connectivity index (χ1v) is 11.5. The molecule has 2 saturated heterocycles. The minimum Gasteiger partial charge on any atom is -0.507 e. The molecule has 2 bridgehead atoms. The van der Waals surface area contributed by atoms with Gasteiger partial charge < -0.3 is 15.0 Å². The molecule has 1 aromatic carbocycles. The molecular weight excluding hydrogens is 417 g/mol. The van der Waals surface area contributed by atoms with Gasteiger partial charge in [-0.1, -0.05) is 13.5 Å². The molecule has 7 heteroatoms. The predicted molar refractivity (Wildman–Crippen MR) is 127 cm³/mol. The maximum absolute atomic E-state index is 15.7. The van der Waals surface area contributed by atoms with Gasteiger partial charge in [0, 0.05) is 41.0 Å².